The highest BCUT2D eigenvalue weighted by molar-refractivity contribution is 6.36. The van der Waals surface area contributed by atoms with Gasteiger partial charge in [0, 0.05) is 10.0 Å². The van der Waals surface area contributed by atoms with Crippen LogP contribution in [-0.2, 0) is 0 Å². The molecular weight excluding hydrogens is 370 g/mol. The summed E-state index contributed by atoms with van der Waals surface area (Å²) in [6, 6.07) is 9.70. The molecule has 0 radical (unpaired) electrons. The summed E-state index contributed by atoms with van der Waals surface area (Å²) in [6.07, 6.45) is -0.849. The number of hydrogen-bond donors (Lipinski definition) is 1. The van der Waals surface area contributed by atoms with Crippen LogP contribution in [0.1, 0.15) is 0 Å². The molecule has 2 rings (SSSR count). The van der Waals surface area contributed by atoms with Gasteiger partial charge < -0.3 is 14.6 Å². The van der Waals surface area contributed by atoms with Gasteiger partial charge in [0.15, 0.2) is 0 Å². The van der Waals surface area contributed by atoms with Crippen molar-refractivity contribution in [2.45, 2.75) is 6.10 Å². The van der Waals surface area contributed by atoms with E-state index in [1.165, 1.54) is 0 Å². The van der Waals surface area contributed by atoms with Gasteiger partial charge in [-0.2, -0.15) is 0 Å². The molecular formula is C15H12Cl4O3. The third-order valence-corrected chi connectivity index (χ3v) is 3.71. The second-order valence-electron chi connectivity index (χ2n) is 4.43. The Morgan fingerprint density at radius 1 is 0.773 bits per heavy atom. The van der Waals surface area contributed by atoms with Crippen molar-refractivity contribution in [3.8, 4) is 11.5 Å². The number of aliphatic hydroxyl groups is 1. The molecule has 22 heavy (non-hydrogen) atoms. The van der Waals surface area contributed by atoms with E-state index >= 15 is 0 Å². The summed E-state index contributed by atoms with van der Waals surface area (Å²) >= 11 is 23.5. The Hall–Kier alpha value is -0.840. The van der Waals surface area contributed by atoms with Gasteiger partial charge in [-0.3, -0.25) is 0 Å². The minimum atomic E-state index is -0.849. The molecule has 0 spiro atoms. The highest BCUT2D eigenvalue weighted by atomic mass is 35.5. The number of benzene rings is 2. The lowest BCUT2D eigenvalue weighted by Crippen LogP contribution is -2.25. The Morgan fingerprint density at radius 3 is 1.55 bits per heavy atom. The number of ether oxygens (including phenoxy) is 2. The van der Waals surface area contributed by atoms with Crippen LogP contribution in [-0.4, -0.2) is 24.4 Å². The van der Waals surface area contributed by atoms with E-state index in [2.05, 4.69) is 0 Å². The molecule has 2 aromatic rings. The maximum absolute atomic E-state index is 9.87. The number of aliphatic hydroxyl groups excluding tert-OH is 1. The van der Waals surface area contributed by atoms with Crippen LogP contribution in [0.5, 0.6) is 11.5 Å². The standard InChI is InChI=1S/C15H12Cl4O3/c16-9-1-3-14(12(18)5-9)21-7-11(20)8-22-15-4-2-10(17)6-13(15)19/h1-6,11,20H,7-8H2. The van der Waals surface area contributed by atoms with Crippen LogP contribution >= 0.6 is 46.4 Å². The van der Waals surface area contributed by atoms with Crippen LogP contribution in [0.15, 0.2) is 36.4 Å². The quantitative estimate of drug-likeness (QED) is 0.754. The van der Waals surface area contributed by atoms with Crippen molar-refractivity contribution < 1.29 is 14.6 Å². The van der Waals surface area contributed by atoms with Gasteiger partial charge in [-0.15, -0.1) is 0 Å². The predicted molar refractivity (Wildman–Crippen MR) is 89.9 cm³/mol. The van der Waals surface area contributed by atoms with Crippen molar-refractivity contribution in [2.75, 3.05) is 13.2 Å². The van der Waals surface area contributed by atoms with E-state index in [4.69, 9.17) is 55.9 Å². The Morgan fingerprint density at radius 2 is 1.18 bits per heavy atom. The Balaban J connectivity index is 1.84. The first-order valence-corrected chi connectivity index (χ1v) is 7.80. The van der Waals surface area contributed by atoms with Crippen molar-refractivity contribution >= 4 is 46.4 Å². The lowest BCUT2D eigenvalue weighted by molar-refractivity contribution is 0.0627. The van der Waals surface area contributed by atoms with Crippen molar-refractivity contribution in [1.82, 2.24) is 0 Å². The van der Waals surface area contributed by atoms with Crippen LogP contribution in [0.2, 0.25) is 20.1 Å². The molecule has 0 aliphatic carbocycles. The molecule has 2 aromatic carbocycles. The number of hydrogen-bond acceptors (Lipinski definition) is 3. The second-order valence-corrected chi connectivity index (χ2v) is 6.11. The largest absolute Gasteiger partial charge is 0.489 e. The van der Waals surface area contributed by atoms with E-state index in [9.17, 15) is 5.11 Å². The van der Waals surface area contributed by atoms with Gasteiger partial charge in [-0.05, 0) is 36.4 Å². The van der Waals surface area contributed by atoms with Gasteiger partial charge >= 0.3 is 0 Å². The van der Waals surface area contributed by atoms with Gasteiger partial charge in [0.1, 0.15) is 30.8 Å². The summed E-state index contributed by atoms with van der Waals surface area (Å²) in [5.41, 5.74) is 0. The third kappa shape index (κ3) is 5.11. The first-order valence-electron chi connectivity index (χ1n) is 6.29. The summed E-state index contributed by atoms with van der Waals surface area (Å²) in [5, 5.41) is 11.7. The third-order valence-electron chi connectivity index (χ3n) is 2.65. The average Bonchev–Trinajstić information content (AvgIpc) is 2.45. The zero-order valence-corrected chi connectivity index (χ0v) is 14.3. The fourth-order valence-electron chi connectivity index (χ4n) is 1.60. The van der Waals surface area contributed by atoms with Crippen LogP contribution in [0.3, 0.4) is 0 Å². The molecule has 0 atom stereocenters. The van der Waals surface area contributed by atoms with Gasteiger partial charge in [-0.25, -0.2) is 0 Å². The SMILES string of the molecule is OC(COc1ccc(Cl)cc1Cl)COc1ccc(Cl)cc1Cl. The smallest absolute Gasteiger partial charge is 0.138 e. The number of rotatable bonds is 6. The van der Waals surface area contributed by atoms with E-state index in [-0.39, 0.29) is 13.2 Å². The molecule has 0 saturated heterocycles. The Kier molecular flexibility index (Phi) is 6.48. The van der Waals surface area contributed by atoms with Crippen molar-refractivity contribution in [1.29, 1.82) is 0 Å². The van der Waals surface area contributed by atoms with E-state index in [0.29, 0.717) is 31.6 Å². The molecule has 0 aromatic heterocycles. The summed E-state index contributed by atoms with van der Waals surface area (Å²) in [7, 11) is 0. The first-order chi connectivity index (χ1) is 10.5. The first kappa shape index (κ1) is 17.5. The van der Waals surface area contributed by atoms with Crippen molar-refractivity contribution in [3.05, 3.63) is 56.5 Å². The molecule has 0 heterocycles. The molecule has 0 aliphatic heterocycles. The molecule has 3 nitrogen and oxygen atoms in total. The Bertz CT molecular complexity index is 593. The topological polar surface area (TPSA) is 38.7 Å². The molecule has 1 N–H and O–H groups in total. The zero-order chi connectivity index (χ0) is 16.1. The van der Waals surface area contributed by atoms with E-state index in [1.807, 2.05) is 0 Å². The van der Waals surface area contributed by atoms with Gasteiger partial charge in [0.05, 0.1) is 10.0 Å². The molecule has 118 valence electrons. The predicted octanol–water partition coefficient (Wildman–Crippen LogP) is 5.12. The van der Waals surface area contributed by atoms with Gasteiger partial charge in [-0.1, -0.05) is 46.4 Å². The Labute approximate surface area is 148 Å². The summed E-state index contributed by atoms with van der Waals surface area (Å²) in [5.74, 6) is 0.879. The summed E-state index contributed by atoms with van der Waals surface area (Å²) in [4.78, 5) is 0. The van der Waals surface area contributed by atoms with Crippen molar-refractivity contribution in [2.24, 2.45) is 0 Å². The molecule has 0 bridgehead atoms. The molecule has 0 aliphatic rings. The lowest BCUT2D eigenvalue weighted by Gasteiger charge is -2.15. The molecule has 0 amide bonds. The van der Waals surface area contributed by atoms with Crippen LogP contribution in [0.4, 0.5) is 0 Å². The molecule has 0 fully saturated rings. The van der Waals surface area contributed by atoms with Gasteiger partial charge in [0.2, 0.25) is 0 Å². The highest BCUT2D eigenvalue weighted by Gasteiger charge is 2.10. The fourth-order valence-corrected chi connectivity index (χ4v) is 2.53. The maximum atomic E-state index is 9.87. The fraction of sp³-hybridized carbons (Fsp3) is 0.200. The monoisotopic (exact) mass is 380 g/mol. The average molecular weight is 382 g/mol. The summed E-state index contributed by atoms with van der Waals surface area (Å²) in [6.45, 7) is 0.0408. The van der Waals surface area contributed by atoms with E-state index in [1.54, 1.807) is 36.4 Å². The minimum absolute atomic E-state index is 0.0204. The number of halogens is 4. The highest BCUT2D eigenvalue weighted by Crippen LogP contribution is 2.28. The van der Waals surface area contributed by atoms with Crippen molar-refractivity contribution in [3.63, 3.8) is 0 Å². The lowest BCUT2D eigenvalue weighted by atomic mass is 10.3. The van der Waals surface area contributed by atoms with Crippen LogP contribution in [0.25, 0.3) is 0 Å². The van der Waals surface area contributed by atoms with Gasteiger partial charge in [0.25, 0.3) is 0 Å². The molecule has 0 unspecified atom stereocenters. The normalized spacial score (nSPS) is 10.8. The van der Waals surface area contributed by atoms with E-state index in [0.717, 1.165) is 0 Å². The van der Waals surface area contributed by atoms with E-state index < -0.39 is 6.10 Å². The molecule has 7 heteroatoms. The summed E-state index contributed by atoms with van der Waals surface area (Å²) < 4.78 is 10.8. The minimum Gasteiger partial charge on any atom is -0.489 e. The zero-order valence-electron chi connectivity index (χ0n) is 11.2. The second kappa shape index (κ2) is 8.14. The van der Waals surface area contributed by atoms with Crippen LogP contribution < -0.4 is 9.47 Å². The maximum Gasteiger partial charge on any atom is 0.138 e. The van der Waals surface area contributed by atoms with Crippen LogP contribution in [0, 0.1) is 0 Å². The molecule has 0 saturated carbocycles.